The lowest BCUT2D eigenvalue weighted by atomic mass is 9.74. The minimum atomic E-state index is 0.0807. The van der Waals surface area contributed by atoms with Gasteiger partial charge in [0.05, 0.1) is 20.3 Å². The van der Waals surface area contributed by atoms with Crippen molar-refractivity contribution >= 4 is 11.8 Å². The maximum absolute atomic E-state index is 9.20. The molecule has 4 nitrogen and oxygen atoms in total. The highest BCUT2D eigenvalue weighted by Gasteiger charge is 2.30. The fourth-order valence-corrected chi connectivity index (χ4v) is 4.34. The molecule has 0 saturated heterocycles. The van der Waals surface area contributed by atoms with Crippen LogP contribution in [0.2, 0.25) is 0 Å². The monoisotopic (exact) mass is 436 g/mol. The van der Waals surface area contributed by atoms with Crippen molar-refractivity contribution in [3.8, 4) is 11.8 Å². The summed E-state index contributed by atoms with van der Waals surface area (Å²) in [4.78, 5) is 2.47. The Morgan fingerprint density at radius 1 is 1.03 bits per heavy atom. The molecule has 32 heavy (non-hydrogen) atoms. The molecule has 0 fully saturated rings. The molecule has 174 valence electrons. The minimum Gasteiger partial charge on any atom is -0.496 e. The van der Waals surface area contributed by atoms with Gasteiger partial charge < -0.3 is 14.4 Å². The zero-order chi connectivity index (χ0) is 23.6. The molecule has 0 unspecified atom stereocenters. The van der Waals surface area contributed by atoms with Crippen molar-refractivity contribution in [3.63, 3.8) is 0 Å². The molecule has 1 aromatic rings. The van der Waals surface area contributed by atoms with Crippen molar-refractivity contribution in [2.24, 2.45) is 5.41 Å². The highest BCUT2D eigenvalue weighted by atomic mass is 16.5. The Morgan fingerprint density at radius 3 is 2.28 bits per heavy atom. The number of rotatable bonds is 11. The summed E-state index contributed by atoms with van der Waals surface area (Å²) in [5, 5.41) is 9.20. The summed E-state index contributed by atoms with van der Waals surface area (Å²) < 4.78 is 11.5. The van der Waals surface area contributed by atoms with Gasteiger partial charge in [0.15, 0.2) is 0 Å². The number of anilines is 1. The van der Waals surface area contributed by atoms with Gasteiger partial charge in [0.25, 0.3) is 0 Å². The molecule has 0 radical (unpaired) electrons. The number of nitriles is 1. The fourth-order valence-electron chi connectivity index (χ4n) is 4.34. The Kier molecular flexibility index (Phi) is 9.91. The van der Waals surface area contributed by atoms with E-state index in [2.05, 4.69) is 69.0 Å². The number of unbranched alkanes of at least 4 members (excludes halogenated alkanes) is 2. The van der Waals surface area contributed by atoms with Crippen molar-refractivity contribution in [2.75, 3.05) is 32.2 Å². The highest BCUT2D eigenvalue weighted by Crippen LogP contribution is 2.42. The third-order valence-electron chi connectivity index (χ3n) is 5.97. The van der Waals surface area contributed by atoms with Crippen LogP contribution in [-0.4, -0.2) is 27.3 Å². The van der Waals surface area contributed by atoms with Gasteiger partial charge >= 0.3 is 0 Å². The smallest absolute Gasteiger partial charge is 0.128 e. The molecule has 0 heterocycles. The molecule has 0 aromatic heterocycles. The van der Waals surface area contributed by atoms with Gasteiger partial charge in [0.2, 0.25) is 0 Å². The fraction of sp³-hybridized carbons (Fsp3) is 0.536. The van der Waals surface area contributed by atoms with Gasteiger partial charge in [0, 0.05) is 42.1 Å². The van der Waals surface area contributed by atoms with E-state index in [9.17, 15) is 5.26 Å². The van der Waals surface area contributed by atoms with E-state index in [4.69, 9.17) is 9.47 Å². The molecule has 0 amide bonds. The van der Waals surface area contributed by atoms with E-state index >= 15 is 0 Å². The van der Waals surface area contributed by atoms with Crippen LogP contribution in [0.1, 0.15) is 71.8 Å². The second-order valence-corrected chi connectivity index (χ2v) is 9.33. The summed E-state index contributed by atoms with van der Waals surface area (Å²) in [6.07, 6.45) is 12.3. The summed E-state index contributed by atoms with van der Waals surface area (Å²) in [5.74, 6) is 1.70. The molecule has 0 bridgehead atoms. The van der Waals surface area contributed by atoms with Crippen LogP contribution < -0.4 is 9.64 Å². The second kappa shape index (κ2) is 12.4. The average molecular weight is 437 g/mol. The van der Waals surface area contributed by atoms with Gasteiger partial charge in [0.1, 0.15) is 11.5 Å². The Morgan fingerprint density at radius 2 is 1.72 bits per heavy atom. The molecule has 0 saturated carbocycles. The molecule has 1 aliphatic rings. The molecule has 1 aromatic carbocycles. The Bertz CT molecular complexity index is 879. The Labute approximate surface area is 195 Å². The first-order valence-electron chi connectivity index (χ1n) is 11.9. The Hall–Kier alpha value is -2.67. The van der Waals surface area contributed by atoms with Crippen LogP contribution in [0.5, 0.6) is 5.75 Å². The van der Waals surface area contributed by atoms with E-state index in [-0.39, 0.29) is 5.41 Å². The largest absolute Gasteiger partial charge is 0.496 e. The predicted octanol–water partition coefficient (Wildman–Crippen LogP) is 7.29. The topological polar surface area (TPSA) is 45.5 Å². The SMILES string of the molecule is CCCCN(CCCC)c1ccc(C=CC2=C(OC)C(=CC#N)CC(C)(C)C2)c(OC)c1. The Balaban J connectivity index is 2.37. The number of methoxy groups -OCH3 is 2. The lowest BCUT2D eigenvalue weighted by Crippen LogP contribution is -2.25. The maximum atomic E-state index is 9.20. The van der Waals surface area contributed by atoms with Crippen molar-refractivity contribution in [2.45, 2.75) is 66.2 Å². The average Bonchev–Trinajstić information content (AvgIpc) is 2.77. The summed E-state index contributed by atoms with van der Waals surface area (Å²) >= 11 is 0. The van der Waals surface area contributed by atoms with Crippen molar-refractivity contribution in [3.05, 3.63) is 52.8 Å². The summed E-state index contributed by atoms with van der Waals surface area (Å²) in [5.41, 5.74) is 4.42. The van der Waals surface area contributed by atoms with Gasteiger partial charge in [-0.2, -0.15) is 5.26 Å². The molecular weight excluding hydrogens is 396 g/mol. The number of hydrogen-bond donors (Lipinski definition) is 0. The number of ether oxygens (including phenoxy) is 2. The lowest BCUT2D eigenvalue weighted by Gasteiger charge is -2.33. The van der Waals surface area contributed by atoms with Gasteiger partial charge in [-0.3, -0.25) is 0 Å². The predicted molar refractivity (Wildman–Crippen MR) is 135 cm³/mol. The molecular formula is C28H40N2O2. The standard InChI is InChI=1S/C28H40N2O2/c1-7-9-17-30(18-10-8-2)25-14-13-22(26(19-25)31-5)11-12-23-20-28(3,4)21-24(15-16-29)27(23)32-6/h11-15,19H,7-10,17-18,20-21H2,1-6H3. The second-order valence-electron chi connectivity index (χ2n) is 9.33. The molecule has 0 N–H and O–H groups in total. The van der Waals surface area contributed by atoms with E-state index in [0.717, 1.165) is 54.1 Å². The van der Waals surface area contributed by atoms with Crippen LogP contribution in [0.25, 0.3) is 6.08 Å². The first-order chi connectivity index (χ1) is 15.4. The minimum absolute atomic E-state index is 0.0807. The van der Waals surface area contributed by atoms with Crippen LogP contribution in [0.3, 0.4) is 0 Å². The lowest BCUT2D eigenvalue weighted by molar-refractivity contribution is 0.256. The van der Waals surface area contributed by atoms with Crippen LogP contribution in [-0.2, 0) is 4.74 Å². The van der Waals surface area contributed by atoms with Gasteiger partial charge in [-0.05, 0) is 48.8 Å². The number of benzene rings is 1. The summed E-state index contributed by atoms with van der Waals surface area (Å²) in [7, 11) is 3.42. The molecule has 0 aliphatic heterocycles. The van der Waals surface area contributed by atoms with Crippen LogP contribution in [0.15, 0.2) is 47.3 Å². The summed E-state index contributed by atoms with van der Waals surface area (Å²) in [6.45, 7) is 11.1. The molecule has 0 spiro atoms. The third-order valence-corrected chi connectivity index (χ3v) is 5.97. The van der Waals surface area contributed by atoms with Gasteiger partial charge in [-0.25, -0.2) is 0 Å². The molecule has 0 atom stereocenters. The van der Waals surface area contributed by atoms with Crippen molar-refractivity contribution in [1.82, 2.24) is 0 Å². The van der Waals surface area contributed by atoms with Gasteiger partial charge in [-0.1, -0.05) is 52.7 Å². The quantitative estimate of drug-likeness (QED) is 0.342. The van der Waals surface area contributed by atoms with Crippen molar-refractivity contribution in [1.29, 1.82) is 5.26 Å². The van der Waals surface area contributed by atoms with Gasteiger partial charge in [-0.15, -0.1) is 0 Å². The first-order valence-corrected chi connectivity index (χ1v) is 11.9. The normalized spacial score (nSPS) is 17.0. The molecule has 2 rings (SSSR count). The van der Waals surface area contributed by atoms with E-state index in [0.29, 0.717) is 0 Å². The van der Waals surface area contributed by atoms with E-state index in [1.807, 2.05) is 0 Å². The van der Waals surface area contributed by atoms with E-state index in [1.54, 1.807) is 20.3 Å². The number of nitrogens with zero attached hydrogens (tertiary/aromatic N) is 2. The molecule has 1 aliphatic carbocycles. The van der Waals surface area contributed by atoms with Crippen LogP contribution in [0.4, 0.5) is 5.69 Å². The first kappa shape index (κ1) is 25.6. The molecule has 4 heteroatoms. The van der Waals surface area contributed by atoms with Crippen molar-refractivity contribution < 1.29 is 9.47 Å². The maximum Gasteiger partial charge on any atom is 0.128 e. The zero-order valence-electron chi connectivity index (χ0n) is 20.8. The summed E-state index contributed by atoms with van der Waals surface area (Å²) in [6, 6.07) is 8.67. The van der Waals surface area contributed by atoms with E-state index in [1.165, 1.54) is 31.4 Å². The third kappa shape index (κ3) is 6.92. The number of allylic oxidation sites excluding steroid dienone is 4. The van der Waals surface area contributed by atoms with Crippen LogP contribution >= 0.6 is 0 Å². The van der Waals surface area contributed by atoms with E-state index < -0.39 is 0 Å². The number of hydrogen-bond acceptors (Lipinski definition) is 4. The zero-order valence-corrected chi connectivity index (χ0v) is 20.8. The van der Waals surface area contributed by atoms with Crippen LogP contribution in [0, 0.1) is 16.7 Å². The highest BCUT2D eigenvalue weighted by molar-refractivity contribution is 5.65.